The van der Waals surface area contributed by atoms with E-state index in [0.717, 1.165) is 31.2 Å². The van der Waals surface area contributed by atoms with Gasteiger partial charge in [-0.25, -0.2) is 4.79 Å². The number of methoxy groups -OCH3 is 1. The Bertz CT molecular complexity index is 815. The van der Waals surface area contributed by atoms with E-state index in [9.17, 15) is 14.7 Å². The molecule has 0 aliphatic heterocycles. The van der Waals surface area contributed by atoms with Gasteiger partial charge in [-0.15, -0.1) is 0 Å². The summed E-state index contributed by atoms with van der Waals surface area (Å²) >= 11 is 0. The molecule has 1 amide bonds. The normalized spacial score (nSPS) is 15.0. The van der Waals surface area contributed by atoms with Crippen molar-refractivity contribution in [3.05, 3.63) is 59.7 Å². The Balaban J connectivity index is 1.73. The summed E-state index contributed by atoms with van der Waals surface area (Å²) in [4.78, 5) is 24.3. The molecule has 0 unspecified atom stereocenters. The van der Waals surface area contributed by atoms with Gasteiger partial charge in [-0.2, -0.15) is 0 Å². The van der Waals surface area contributed by atoms with Gasteiger partial charge in [0.25, 0.3) is 5.91 Å². The number of hydrogen-bond acceptors (Lipinski definition) is 4. The highest BCUT2D eigenvalue weighted by Crippen LogP contribution is 2.32. The third kappa shape index (κ3) is 5.03. The van der Waals surface area contributed by atoms with Gasteiger partial charge in [0.15, 0.2) is 11.5 Å². The van der Waals surface area contributed by atoms with Crippen LogP contribution < -0.4 is 14.8 Å². The summed E-state index contributed by atoms with van der Waals surface area (Å²) in [6, 6.07) is 13.1. The van der Waals surface area contributed by atoms with E-state index in [1.54, 1.807) is 25.3 Å². The zero-order valence-electron chi connectivity index (χ0n) is 15.9. The number of benzene rings is 2. The lowest BCUT2D eigenvalue weighted by atomic mass is 10.1. The molecule has 1 saturated carbocycles. The predicted octanol–water partition coefficient (Wildman–Crippen LogP) is 3.44. The highest BCUT2D eigenvalue weighted by atomic mass is 16.5. The van der Waals surface area contributed by atoms with E-state index in [0.29, 0.717) is 17.1 Å². The van der Waals surface area contributed by atoms with Gasteiger partial charge in [0, 0.05) is 12.0 Å². The van der Waals surface area contributed by atoms with Crippen LogP contribution in [0.5, 0.6) is 11.5 Å². The van der Waals surface area contributed by atoms with Gasteiger partial charge in [0.1, 0.15) is 6.04 Å². The molecule has 6 heteroatoms. The molecule has 1 atom stereocenters. The molecular formula is C22H25NO5. The van der Waals surface area contributed by atoms with Crippen molar-refractivity contribution in [1.82, 2.24) is 5.32 Å². The van der Waals surface area contributed by atoms with Gasteiger partial charge in [0.2, 0.25) is 0 Å². The molecular weight excluding hydrogens is 358 g/mol. The van der Waals surface area contributed by atoms with Crippen LogP contribution >= 0.6 is 0 Å². The Morgan fingerprint density at radius 3 is 2.46 bits per heavy atom. The van der Waals surface area contributed by atoms with Crippen molar-refractivity contribution in [3.63, 3.8) is 0 Å². The first-order valence-electron chi connectivity index (χ1n) is 9.49. The number of carboxylic acids is 1. The summed E-state index contributed by atoms with van der Waals surface area (Å²) in [6.07, 6.45) is 4.57. The fourth-order valence-corrected chi connectivity index (χ4v) is 3.39. The summed E-state index contributed by atoms with van der Waals surface area (Å²) in [5, 5.41) is 12.1. The largest absolute Gasteiger partial charge is 0.493 e. The number of aliphatic carboxylic acids is 1. The average molecular weight is 383 g/mol. The fraction of sp³-hybridized carbons (Fsp3) is 0.364. The van der Waals surface area contributed by atoms with Crippen LogP contribution in [0.2, 0.25) is 0 Å². The number of ether oxygens (including phenoxy) is 2. The third-order valence-corrected chi connectivity index (χ3v) is 4.91. The van der Waals surface area contributed by atoms with Gasteiger partial charge in [0.05, 0.1) is 13.2 Å². The Morgan fingerprint density at radius 1 is 1.11 bits per heavy atom. The summed E-state index contributed by atoms with van der Waals surface area (Å²) in [7, 11) is 1.55. The zero-order valence-corrected chi connectivity index (χ0v) is 15.9. The van der Waals surface area contributed by atoms with Gasteiger partial charge in [-0.3, -0.25) is 4.79 Å². The minimum atomic E-state index is -1.08. The Labute approximate surface area is 164 Å². The molecule has 0 heterocycles. The van der Waals surface area contributed by atoms with Crippen molar-refractivity contribution >= 4 is 11.9 Å². The molecule has 2 N–H and O–H groups in total. The molecule has 2 aromatic rings. The molecule has 148 valence electrons. The van der Waals surface area contributed by atoms with E-state index in [-0.39, 0.29) is 12.5 Å². The average Bonchev–Trinajstić information content (AvgIpc) is 3.21. The standard InChI is InChI=1S/C22H25NO5/c1-27-19-12-11-16(14-20(19)28-17-9-5-6-10-17)21(24)23-18(22(25)26)13-15-7-3-2-4-8-15/h2-4,7-8,11-12,14,17-18H,5-6,9-10,13H2,1H3,(H,23,24)(H,25,26)/t18-/m0/s1. The van der Waals surface area contributed by atoms with E-state index in [4.69, 9.17) is 9.47 Å². The monoisotopic (exact) mass is 383 g/mol. The number of carbonyl (C=O) groups excluding carboxylic acids is 1. The molecule has 0 bridgehead atoms. The maximum atomic E-state index is 12.7. The summed E-state index contributed by atoms with van der Waals surface area (Å²) in [5.41, 5.74) is 1.18. The molecule has 28 heavy (non-hydrogen) atoms. The molecule has 0 saturated heterocycles. The van der Waals surface area contributed by atoms with Crippen LogP contribution in [0.3, 0.4) is 0 Å². The number of carbonyl (C=O) groups is 2. The minimum Gasteiger partial charge on any atom is -0.493 e. The lowest BCUT2D eigenvalue weighted by molar-refractivity contribution is -0.139. The van der Waals surface area contributed by atoms with Gasteiger partial charge in [-0.1, -0.05) is 30.3 Å². The SMILES string of the molecule is COc1ccc(C(=O)N[C@@H](Cc2ccccc2)C(=O)O)cc1OC1CCCC1. The van der Waals surface area contributed by atoms with Crippen LogP contribution in [0, 0.1) is 0 Å². The molecule has 0 radical (unpaired) electrons. The lowest BCUT2D eigenvalue weighted by Gasteiger charge is -2.18. The highest BCUT2D eigenvalue weighted by molar-refractivity contribution is 5.97. The molecule has 2 aromatic carbocycles. The van der Waals surface area contributed by atoms with Crippen LogP contribution in [0.1, 0.15) is 41.6 Å². The summed E-state index contributed by atoms with van der Waals surface area (Å²) < 4.78 is 11.4. The van der Waals surface area contributed by atoms with Gasteiger partial charge in [-0.05, 0) is 49.4 Å². The van der Waals surface area contributed by atoms with Crippen LogP contribution in [-0.4, -0.2) is 36.2 Å². The molecule has 1 aliphatic carbocycles. The van der Waals surface area contributed by atoms with Crippen molar-refractivity contribution in [1.29, 1.82) is 0 Å². The van der Waals surface area contributed by atoms with E-state index in [1.165, 1.54) is 0 Å². The third-order valence-electron chi connectivity index (χ3n) is 4.91. The lowest BCUT2D eigenvalue weighted by Crippen LogP contribution is -2.42. The number of carboxylic acid groups (broad SMARTS) is 1. The second-order valence-electron chi connectivity index (χ2n) is 6.94. The van der Waals surface area contributed by atoms with Crippen molar-refractivity contribution in [3.8, 4) is 11.5 Å². The van der Waals surface area contributed by atoms with E-state index in [1.807, 2.05) is 30.3 Å². The number of amides is 1. The Hall–Kier alpha value is -3.02. The summed E-state index contributed by atoms with van der Waals surface area (Å²) in [6.45, 7) is 0. The number of nitrogens with one attached hydrogen (secondary N) is 1. The van der Waals surface area contributed by atoms with Crippen LogP contribution in [-0.2, 0) is 11.2 Å². The second-order valence-corrected chi connectivity index (χ2v) is 6.94. The van der Waals surface area contributed by atoms with E-state index >= 15 is 0 Å². The summed E-state index contributed by atoms with van der Waals surface area (Å²) in [5.74, 6) is -0.463. The number of hydrogen-bond donors (Lipinski definition) is 2. The van der Waals surface area contributed by atoms with E-state index < -0.39 is 17.9 Å². The highest BCUT2D eigenvalue weighted by Gasteiger charge is 2.23. The maximum absolute atomic E-state index is 12.7. The first-order valence-corrected chi connectivity index (χ1v) is 9.49. The van der Waals surface area contributed by atoms with Crippen molar-refractivity contribution < 1.29 is 24.2 Å². The molecule has 1 aliphatic rings. The topological polar surface area (TPSA) is 84.9 Å². The second kappa shape index (κ2) is 9.26. The molecule has 0 aromatic heterocycles. The van der Waals surface area contributed by atoms with Crippen LogP contribution in [0.25, 0.3) is 0 Å². The molecule has 6 nitrogen and oxygen atoms in total. The fourth-order valence-electron chi connectivity index (χ4n) is 3.39. The first-order chi connectivity index (χ1) is 13.6. The Kier molecular flexibility index (Phi) is 6.53. The van der Waals surface area contributed by atoms with Crippen molar-refractivity contribution in [2.75, 3.05) is 7.11 Å². The zero-order chi connectivity index (χ0) is 19.9. The predicted molar refractivity (Wildman–Crippen MR) is 105 cm³/mol. The number of rotatable bonds is 8. The van der Waals surface area contributed by atoms with Crippen LogP contribution in [0.4, 0.5) is 0 Å². The quantitative estimate of drug-likeness (QED) is 0.729. The Morgan fingerprint density at radius 2 is 1.82 bits per heavy atom. The van der Waals surface area contributed by atoms with Gasteiger partial charge >= 0.3 is 5.97 Å². The molecule has 3 rings (SSSR count). The van der Waals surface area contributed by atoms with Crippen molar-refractivity contribution in [2.45, 2.75) is 44.2 Å². The van der Waals surface area contributed by atoms with Crippen molar-refractivity contribution in [2.24, 2.45) is 0 Å². The maximum Gasteiger partial charge on any atom is 0.326 e. The molecule has 1 fully saturated rings. The molecule has 0 spiro atoms. The van der Waals surface area contributed by atoms with E-state index in [2.05, 4.69) is 5.32 Å². The smallest absolute Gasteiger partial charge is 0.326 e. The minimum absolute atomic E-state index is 0.122. The van der Waals surface area contributed by atoms with Gasteiger partial charge < -0.3 is 19.9 Å². The first kappa shape index (κ1) is 19.7. The van der Waals surface area contributed by atoms with Crippen LogP contribution in [0.15, 0.2) is 48.5 Å².